The highest BCUT2D eigenvalue weighted by Crippen LogP contribution is 2.27. The van der Waals surface area contributed by atoms with E-state index in [1.54, 1.807) is 41.6 Å². The first-order chi connectivity index (χ1) is 15.5. The van der Waals surface area contributed by atoms with Gasteiger partial charge in [-0.1, -0.05) is 0 Å². The second-order valence-electron chi connectivity index (χ2n) is 7.04. The Morgan fingerprint density at radius 1 is 1.12 bits per heavy atom. The number of nitriles is 1. The van der Waals surface area contributed by atoms with Crippen molar-refractivity contribution < 1.29 is 4.79 Å². The standard InChI is InChI=1S/C22H19N9O/c1-13-21(15-3-4-27-19(24)8-15)14(2)31(30-13)12-20(32)29-22-16(9-23)7-17(10-28-22)18-11-25-5-6-26-18/h3-8,10-11H,12H2,1-2H3,(H2,24,27)(H,28,29,32). The van der Waals surface area contributed by atoms with E-state index in [4.69, 9.17) is 5.73 Å². The number of nitrogen functional groups attached to an aromatic ring is 1. The first-order valence-corrected chi connectivity index (χ1v) is 9.68. The minimum absolute atomic E-state index is 0.0360. The molecule has 0 aromatic carbocycles. The molecular formula is C22H19N9O. The number of aryl methyl sites for hydroxylation is 1. The van der Waals surface area contributed by atoms with Crippen molar-refractivity contribution in [2.45, 2.75) is 20.4 Å². The molecule has 0 fully saturated rings. The third-order valence-electron chi connectivity index (χ3n) is 4.87. The summed E-state index contributed by atoms with van der Waals surface area (Å²) in [6.07, 6.45) is 7.86. The van der Waals surface area contributed by atoms with Crippen LogP contribution in [0, 0.1) is 25.2 Å². The van der Waals surface area contributed by atoms with E-state index in [1.807, 2.05) is 19.9 Å². The molecule has 4 aromatic heterocycles. The zero-order chi connectivity index (χ0) is 22.7. The van der Waals surface area contributed by atoms with Gasteiger partial charge >= 0.3 is 0 Å². The highest BCUT2D eigenvalue weighted by atomic mass is 16.2. The number of aromatic nitrogens is 6. The van der Waals surface area contributed by atoms with Crippen LogP contribution in [0.3, 0.4) is 0 Å². The Labute approximate surface area is 183 Å². The molecule has 0 aliphatic carbocycles. The first-order valence-electron chi connectivity index (χ1n) is 9.68. The molecule has 0 spiro atoms. The molecule has 0 saturated heterocycles. The summed E-state index contributed by atoms with van der Waals surface area (Å²) in [5.74, 6) is 0.230. The molecule has 0 saturated carbocycles. The summed E-state index contributed by atoms with van der Waals surface area (Å²) in [6, 6.07) is 7.29. The van der Waals surface area contributed by atoms with Crippen LogP contribution in [-0.4, -0.2) is 35.6 Å². The van der Waals surface area contributed by atoms with Crippen molar-refractivity contribution >= 4 is 17.5 Å². The number of carbonyl (C=O) groups excluding carboxylic acids is 1. The Morgan fingerprint density at radius 3 is 2.69 bits per heavy atom. The average molecular weight is 425 g/mol. The van der Waals surface area contributed by atoms with Gasteiger partial charge in [0.2, 0.25) is 5.91 Å². The van der Waals surface area contributed by atoms with E-state index in [0.717, 1.165) is 22.5 Å². The Bertz CT molecular complexity index is 1340. The van der Waals surface area contributed by atoms with Crippen LogP contribution in [0.2, 0.25) is 0 Å². The third kappa shape index (κ3) is 4.13. The Kier molecular flexibility index (Phi) is 5.55. The molecular weight excluding hydrogens is 406 g/mol. The smallest absolute Gasteiger partial charge is 0.247 e. The van der Waals surface area contributed by atoms with Crippen molar-refractivity contribution in [2.24, 2.45) is 0 Å². The predicted octanol–water partition coefficient (Wildman–Crippen LogP) is 2.51. The lowest BCUT2D eigenvalue weighted by atomic mass is 10.1. The lowest BCUT2D eigenvalue weighted by Crippen LogP contribution is -2.21. The number of amides is 1. The van der Waals surface area contributed by atoms with E-state index in [9.17, 15) is 10.1 Å². The zero-order valence-electron chi connectivity index (χ0n) is 17.4. The molecule has 1 amide bonds. The number of nitrogens with zero attached hydrogens (tertiary/aromatic N) is 7. The van der Waals surface area contributed by atoms with Gasteiger partial charge in [-0.25, -0.2) is 9.97 Å². The molecule has 4 heterocycles. The van der Waals surface area contributed by atoms with Crippen LogP contribution in [0.25, 0.3) is 22.4 Å². The molecule has 0 aliphatic rings. The van der Waals surface area contributed by atoms with Crippen LogP contribution < -0.4 is 11.1 Å². The second-order valence-corrected chi connectivity index (χ2v) is 7.04. The lowest BCUT2D eigenvalue weighted by Gasteiger charge is -2.09. The maximum atomic E-state index is 12.7. The van der Waals surface area contributed by atoms with Crippen molar-refractivity contribution in [1.82, 2.24) is 29.7 Å². The Hall–Kier alpha value is -4.65. The van der Waals surface area contributed by atoms with Gasteiger partial charge in [0.1, 0.15) is 18.4 Å². The molecule has 4 rings (SSSR count). The summed E-state index contributed by atoms with van der Waals surface area (Å²) in [4.78, 5) is 29.2. The summed E-state index contributed by atoms with van der Waals surface area (Å²) < 4.78 is 1.61. The highest BCUT2D eigenvalue weighted by molar-refractivity contribution is 5.91. The van der Waals surface area contributed by atoms with E-state index >= 15 is 0 Å². The summed E-state index contributed by atoms with van der Waals surface area (Å²) in [6.45, 7) is 3.72. The van der Waals surface area contributed by atoms with Crippen LogP contribution in [0.1, 0.15) is 17.0 Å². The highest BCUT2D eigenvalue weighted by Gasteiger charge is 2.17. The first kappa shape index (κ1) is 20.6. The van der Waals surface area contributed by atoms with E-state index in [0.29, 0.717) is 17.1 Å². The molecule has 10 nitrogen and oxygen atoms in total. The fraction of sp³-hybridized carbons (Fsp3) is 0.136. The monoisotopic (exact) mass is 425 g/mol. The number of pyridine rings is 2. The average Bonchev–Trinajstić information content (AvgIpc) is 3.07. The van der Waals surface area contributed by atoms with Gasteiger partial charge in [0.25, 0.3) is 0 Å². The van der Waals surface area contributed by atoms with Gasteiger partial charge in [-0.2, -0.15) is 10.4 Å². The van der Waals surface area contributed by atoms with Crippen molar-refractivity contribution in [2.75, 3.05) is 11.1 Å². The van der Waals surface area contributed by atoms with E-state index in [2.05, 4.69) is 36.4 Å². The number of nitrogens with one attached hydrogen (secondary N) is 1. The van der Waals surface area contributed by atoms with Crippen LogP contribution >= 0.6 is 0 Å². The summed E-state index contributed by atoms with van der Waals surface area (Å²) >= 11 is 0. The topological polar surface area (TPSA) is 148 Å². The van der Waals surface area contributed by atoms with Gasteiger partial charge < -0.3 is 11.1 Å². The van der Waals surface area contributed by atoms with Gasteiger partial charge in [0, 0.05) is 41.6 Å². The largest absolute Gasteiger partial charge is 0.384 e. The van der Waals surface area contributed by atoms with E-state index < -0.39 is 0 Å². The number of rotatable bonds is 5. The second kappa shape index (κ2) is 8.61. The van der Waals surface area contributed by atoms with Gasteiger partial charge in [0.05, 0.1) is 23.1 Å². The molecule has 0 atom stereocenters. The molecule has 32 heavy (non-hydrogen) atoms. The number of hydrogen-bond donors (Lipinski definition) is 2. The van der Waals surface area contributed by atoms with Crippen molar-refractivity contribution in [3.05, 3.63) is 66.1 Å². The fourth-order valence-corrected chi connectivity index (χ4v) is 3.42. The van der Waals surface area contributed by atoms with Crippen molar-refractivity contribution in [3.63, 3.8) is 0 Å². The number of hydrogen-bond acceptors (Lipinski definition) is 8. The van der Waals surface area contributed by atoms with Crippen molar-refractivity contribution in [3.8, 4) is 28.5 Å². The summed E-state index contributed by atoms with van der Waals surface area (Å²) in [7, 11) is 0. The summed E-state index contributed by atoms with van der Waals surface area (Å²) in [5.41, 5.74) is 10.6. The molecule has 4 aromatic rings. The van der Waals surface area contributed by atoms with Gasteiger partial charge in [-0.3, -0.25) is 19.4 Å². The van der Waals surface area contributed by atoms with E-state index in [-0.39, 0.29) is 23.8 Å². The Balaban J connectivity index is 1.55. The fourth-order valence-electron chi connectivity index (χ4n) is 3.42. The molecule has 10 heteroatoms. The summed E-state index contributed by atoms with van der Waals surface area (Å²) in [5, 5.41) is 16.7. The van der Waals surface area contributed by atoms with Crippen LogP contribution in [0.5, 0.6) is 0 Å². The molecule has 0 unspecified atom stereocenters. The molecule has 0 bridgehead atoms. The quantitative estimate of drug-likeness (QED) is 0.495. The third-order valence-corrected chi connectivity index (χ3v) is 4.87. The predicted molar refractivity (Wildman–Crippen MR) is 118 cm³/mol. The lowest BCUT2D eigenvalue weighted by molar-refractivity contribution is -0.117. The minimum Gasteiger partial charge on any atom is -0.384 e. The number of anilines is 2. The maximum absolute atomic E-state index is 12.7. The minimum atomic E-state index is -0.354. The SMILES string of the molecule is Cc1nn(CC(=O)Nc2ncc(-c3cnccn3)cc2C#N)c(C)c1-c1ccnc(N)c1. The van der Waals surface area contributed by atoms with Gasteiger partial charge in [0.15, 0.2) is 5.82 Å². The van der Waals surface area contributed by atoms with Crippen LogP contribution in [0.15, 0.2) is 49.2 Å². The number of carbonyl (C=O) groups is 1. The van der Waals surface area contributed by atoms with Crippen LogP contribution in [0.4, 0.5) is 11.6 Å². The van der Waals surface area contributed by atoms with Gasteiger partial charge in [-0.15, -0.1) is 0 Å². The number of nitrogens with two attached hydrogens (primary N) is 1. The molecule has 0 radical (unpaired) electrons. The van der Waals surface area contributed by atoms with Gasteiger partial charge in [-0.05, 0) is 37.6 Å². The molecule has 3 N–H and O–H groups in total. The van der Waals surface area contributed by atoms with Crippen LogP contribution in [-0.2, 0) is 11.3 Å². The molecule has 0 aliphatic heterocycles. The zero-order valence-corrected chi connectivity index (χ0v) is 17.4. The Morgan fingerprint density at radius 2 is 1.97 bits per heavy atom. The van der Waals surface area contributed by atoms with Crippen molar-refractivity contribution in [1.29, 1.82) is 5.26 Å². The van der Waals surface area contributed by atoms with E-state index in [1.165, 1.54) is 6.20 Å². The molecule has 158 valence electrons. The maximum Gasteiger partial charge on any atom is 0.247 e. The normalized spacial score (nSPS) is 10.5.